The number of likely N-dealkylation sites (N-methyl/N-ethyl adjacent to an activating group) is 1. The number of carboxylic acid groups (broad SMARTS) is 1. The minimum atomic E-state index is -1.72. The fourth-order valence-electron chi connectivity index (χ4n) is 5.85. The van der Waals surface area contributed by atoms with Crippen LogP contribution in [0.15, 0.2) is 24.0 Å². The minimum absolute atomic E-state index is 0.0541. The molecule has 2 aliphatic heterocycles. The number of phenolic OH excluding ortho intramolecular Hbond substituents is 1. The predicted molar refractivity (Wildman–Crippen MR) is 125 cm³/mol. The summed E-state index contributed by atoms with van der Waals surface area (Å²) in [6.45, 7) is 4.34. The van der Waals surface area contributed by atoms with Gasteiger partial charge in [0, 0.05) is 24.6 Å². The molecule has 1 saturated heterocycles. The van der Waals surface area contributed by atoms with Crippen LogP contribution in [-0.2, 0) is 24.5 Å². The number of piperidine rings is 1. The Morgan fingerprint density at radius 1 is 1.33 bits per heavy atom. The molecule has 1 aliphatic carbocycles. The van der Waals surface area contributed by atoms with Crippen LogP contribution in [-0.4, -0.2) is 87.2 Å². The number of hydrogen-bond donors (Lipinski definition) is 5. The van der Waals surface area contributed by atoms with Gasteiger partial charge in [-0.1, -0.05) is 6.07 Å². The number of fused-ring (bicyclic) bond motifs is 1. The number of carboxylic acids is 1. The highest BCUT2D eigenvalue weighted by Gasteiger charge is 2.69. The second-order valence-corrected chi connectivity index (χ2v) is 9.85. The van der Waals surface area contributed by atoms with E-state index in [4.69, 9.17) is 14.6 Å². The van der Waals surface area contributed by atoms with Gasteiger partial charge in [-0.05, 0) is 51.6 Å². The highest BCUT2D eigenvalue weighted by molar-refractivity contribution is 5.85. The standard InChI is InChI=1S/C25H32N2O9/c1-13-4-5-15(28)21-20(13)24-9-11-27(3)14(2)25(24,34)8-6-17(22(24)36-21)35-19(32)7-10-26-23(33)16(29)12-18(30)31/h4-6,14,16,22,28-29,34H,7-12H2,1-3H3,(H,26,33)(H,30,31)/t14-,16+,22+,24+,25-/m1/s1. The molecule has 5 atom stereocenters. The van der Waals surface area contributed by atoms with Gasteiger partial charge in [-0.3, -0.25) is 14.4 Å². The second-order valence-electron chi connectivity index (χ2n) is 9.85. The Bertz CT molecular complexity index is 1120. The Labute approximate surface area is 208 Å². The summed E-state index contributed by atoms with van der Waals surface area (Å²) in [5, 5.41) is 43.2. The molecular weight excluding hydrogens is 472 g/mol. The third-order valence-corrected chi connectivity index (χ3v) is 7.86. The fourth-order valence-corrected chi connectivity index (χ4v) is 5.85. The lowest BCUT2D eigenvalue weighted by Gasteiger charge is -2.58. The van der Waals surface area contributed by atoms with Crippen LogP contribution in [0.3, 0.4) is 0 Å². The van der Waals surface area contributed by atoms with E-state index < -0.39 is 47.5 Å². The van der Waals surface area contributed by atoms with E-state index in [1.165, 1.54) is 6.07 Å². The van der Waals surface area contributed by atoms with Gasteiger partial charge < -0.3 is 40.1 Å². The van der Waals surface area contributed by atoms with Crippen molar-refractivity contribution >= 4 is 17.8 Å². The van der Waals surface area contributed by atoms with Crippen molar-refractivity contribution in [3.8, 4) is 11.5 Å². The number of esters is 1. The molecular formula is C25H32N2O9. The lowest BCUT2D eigenvalue weighted by Crippen LogP contribution is -2.71. The number of amides is 1. The van der Waals surface area contributed by atoms with Crippen LogP contribution in [0.4, 0.5) is 0 Å². The molecule has 0 bridgehead atoms. The van der Waals surface area contributed by atoms with E-state index in [9.17, 15) is 29.7 Å². The minimum Gasteiger partial charge on any atom is -0.504 e. The SMILES string of the molecule is Cc1ccc(O)c2c1[C@]13CCN(C)[C@H](C)[C@]1(O)CC=C(OC(=O)CCNC(=O)[C@@H](O)CC(=O)O)[C@@H]3O2. The van der Waals surface area contributed by atoms with Crippen LogP contribution < -0.4 is 10.1 Å². The number of aromatic hydroxyl groups is 1. The first-order chi connectivity index (χ1) is 16.9. The Morgan fingerprint density at radius 3 is 2.75 bits per heavy atom. The number of rotatable bonds is 7. The molecule has 4 rings (SSSR count). The van der Waals surface area contributed by atoms with Crippen LogP contribution in [0.1, 0.15) is 43.7 Å². The maximum atomic E-state index is 12.6. The quantitative estimate of drug-likeness (QED) is 0.327. The summed E-state index contributed by atoms with van der Waals surface area (Å²) >= 11 is 0. The maximum Gasteiger partial charge on any atom is 0.312 e. The Kier molecular flexibility index (Phi) is 6.76. The summed E-state index contributed by atoms with van der Waals surface area (Å²) in [6, 6.07) is 3.07. The van der Waals surface area contributed by atoms with Crippen LogP contribution in [0.5, 0.6) is 11.5 Å². The number of aliphatic hydroxyl groups excluding tert-OH is 1. The summed E-state index contributed by atoms with van der Waals surface area (Å²) in [6.07, 6.45) is -1.18. The monoisotopic (exact) mass is 504 g/mol. The normalized spacial score (nSPS) is 29.6. The largest absolute Gasteiger partial charge is 0.504 e. The Morgan fingerprint density at radius 2 is 2.06 bits per heavy atom. The van der Waals surface area contributed by atoms with Gasteiger partial charge in [-0.25, -0.2) is 0 Å². The van der Waals surface area contributed by atoms with Crippen molar-refractivity contribution in [1.82, 2.24) is 10.2 Å². The number of nitrogens with zero attached hydrogens (tertiary/aromatic N) is 1. The molecule has 1 amide bonds. The molecule has 11 heteroatoms. The molecule has 2 heterocycles. The van der Waals surface area contributed by atoms with Gasteiger partial charge in [0.05, 0.1) is 23.9 Å². The number of phenols is 1. The Balaban J connectivity index is 1.56. The molecule has 36 heavy (non-hydrogen) atoms. The van der Waals surface area contributed by atoms with E-state index in [0.29, 0.717) is 13.0 Å². The summed E-state index contributed by atoms with van der Waals surface area (Å²) in [5.74, 6) is -2.44. The zero-order valence-corrected chi connectivity index (χ0v) is 20.5. The molecule has 0 radical (unpaired) electrons. The van der Waals surface area contributed by atoms with E-state index in [0.717, 1.165) is 11.1 Å². The van der Waals surface area contributed by atoms with Crippen molar-refractivity contribution in [1.29, 1.82) is 0 Å². The topological polar surface area (TPSA) is 166 Å². The summed E-state index contributed by atoms with van der Waals surface area (Å²) in [7, 11) is 1.94. The van der Waals surface area contributed by atoms with E-state index in [1.807, 2.05) is 20.9 Å². The van der Waals surface area contributed by atoms with Crippen molar-refractivity contribution in [2.75, 3.05) is 20.1 Å². The number of carbonyl (C=O) groups is 3. The number of ether oxygens (including phenoxy) is 2. The number of aliphatic carboxylic acids is 1. The van der Waals surface area contributed by atoms with Crippen molar-refractivity contribution in [3.63, 3.8) is 0 Å². The fraction of sp³-hybridized carbons (Fsp3) is 0.560. The van der Waals surface area contributed by atoms with E-state index in [-0.39, 0.29) is 42.7 Å². The van der Waals surface area contributed by atoms with Crippen LogP contribution in [0.25, 0.3) is 0 Å². The number of likely N-dealkylation sites (tertiary alicyclic amines) is 1. The van der Waals surface area contributed by atoms with Gasteiger partial charge in [0.2, 0.25) is 5.91 Å². The first-order valence-corrected chi connectivity index (χ1v) is 11.9. The van der Waals surface area contributed by atoms with Crippen LogP contribution >= 0.6 is 0 Å². The van der Waals surface area contributed by atoms with Crippen molar-refractivity contribution in [3.05, 3.63) is 35.1 Å². The molecule has 196 valence electrons. The summed E-state index contributed by atoms with van der Waals surface area (Å²) < 4.78 is 11.9. The molecule has 0 saturated carbocycles. The number of benzene rings is 1. The van der Waals surface area contributed by atoms with Gasteiger partial charge in [0.25, 0.3) is 0 Å². The number of hydrogen-bond acceptors (Lipinski definition) is 9. The average Bonchev–Trinajstić information content (AvgIpc) is 3.18. The molecule has 3 aliphatic rings. The lowest BCUT2D eigenvalue weighted by atomic mass is 9.54. The van der Waals surface area contributed by atoms with Crippen molar-refractivity contribution in [2.24, 2.45) is 0 Å². The first-order valence-electron chi connectivity index (χ1n) is 11.9. The number of aryl methyl sites for hydroxylation is 1. The third-order valence-electron chi connectivity index (χ3n) is 7.86. The zero-order valence-electron chi connectivity index (χ0n) is 20.5. The number of carbonyl (C=O) groups excluding carboxylic acids is 2. The lowest BCUT2D eigenvalue weighted by molar-refractivity contribution is -0.161. The summed E-state index contributed by atoms with van der Waals surface area (Å²) in [4.78, 5) is 37.1. The molecule has 1 aromatic carbocycles. The van der Waals surface area contributed by atoms with E-state index >= 15 is 0 Å². The van der Waals surface area contributed by atoms with Crippen LogP contribution in [0.2, 0.25) is 0 Å². The summed E-state index contributed by atoms with van der Waals surface area (Å²) in [5.41, 5.74) is -0.623. The van der Waals surface area contributed by atoms with Crippen molar-refractivity contribution in [2.45, 2.75) is 68.8 Å². The molecule has 1 fully saturated rings. The third kappa shape index (κ3) is 4.00. The van der Waals surface area contributed by atoms with Gasteiger partial charge >= 0.3 is 11.9 Å². The highest BCUT2D eigenvalue weighted by atomic mass is 16.6. The second kappa shape index (κ2) is 9.38. The molecule has 0 aromatic heterocycles. The first kappa shape index (κ1) is 25.9. The van der Waals surface area contributed by atoms with Gasteiger partial charge in [0.1, 0.15) is 11.9 Å². The molecule has 1 aromatic rings. The van der Waals surface area contributed by atoms with E-state index in [2.05, 4.69) is 10.2 Å². The molecule has 0 unspecified atom stereocenters. The average molecular weight is 505 g/mol. The number of nitrogens with one attached hydrogen (secondary N) is 1. The zero-order chi connectivity index (χ0) is 26.4. The Hall–Kier alpha value is -3.15. The van der Waals surface area contributed by atoms with Gasteiger partial charge in [-0.15, -0.1) is 0 Å². The smallest absolute Gasteiger partial charge is 0.312 e. The number of aliphatic hydroxyl groups is 2. The molecule has 1 spiro atoms. The maximum absolute atomic E-state index is 12.6. The van der Waals surface area contributed by atoms with Gasteiger partial charge in [0.15, 0.2) is 17.6 Å². The van der Waals surface area contributed by atoms with E-state index in [1.54, 1.807) is 12.1 Å². The molecule has 5 N–H and O–H groups in total. The van der Waals surface area contributed by atoms with Crippen LogP contribution in [0, 0.1) is 6.92 Å². The van der Waals surface area contributed by atoms with Gasteiger partial charge in [-0.2, -0.15) is 0 Å². The predicted octanol–water partition coefficient (Wildman–Crippen LogP) is 0.327. The molecule has 11 nitrogen and oxygen atoms in total. The van der Waals surface area contributed by atoms with Crippen molar-refractivity contribution < 1.29 is 44.3 Å². The highest BCUT2D eigenvalue weighted by Crippen LogP contribution is 2.62.